The molecule has 6 heteroatoms. The van der Waals surface area contributed by atoms with Crippen LogP contribution < -0.4 is 14.2 Å². The van der Waals surface area contributed by atoms with Gasteiger partial charge in [0.2, 0.25) is 0 Å². The molecule has 20 heavy (non-hydrogen) atoms. The molecule has 0 aliphatic carbocycles. The Hall–Kier alpha value is -2.24. The van der Waals surface area contributed by atoms with Crippen molar-refractivity contribution in [3.63, 3.8) is 0 Å². The summed E-state index contributed by atoms with van der Waals surface area (Å²) in [7, 11) is 4.25. The highest BCUT2D eigenvalue weighted by molar-refractivity contribution is 6.05. The number of rotatable bonds is 4. The van der Waals surface area contributed by atoms with Crippen LogP contribution in [0.2, 0.25) is 0 Å². The molecule has 2 rings (SSSR count). The van der Waals surface area contributed by atoms with E-state index >= 15 is 0 Å². The number of ketones is 1. The van der Waals surface area contributed by atoms with Crippen molar-refractivity contribution < 1.29 is 28.5 Å². The fourth-order valence-corrected chi connectivity index (χ4v) is 2.15. The highest BCUT2D eigenvalue weighted by Crippen LogP contribution is 2.42. The lowest BCUT2D eigenvalue weighted by Crippen LogP contribution is -2.30. The number of benzene rings is 1. The summed E-state index contributed by atoms with van der Waals surface area (Å²) in [4.78, 5) is 23.8. The molecule has 1 aliphatic heterocycles. The van der Waals surface area contributed by atoms with Gasteiger partial charge in [0.05, 0.1) is 40.3 Å². The summed E-state index contributed by atoms with van der Waals surface area (Å²) in [5.74, 6) is 0.00428. The number of esters is 1. The summed E-state index contributed by atoms with van der Waals surface area (Å²) in [6, 6.07) is 3.31. The Bertz CT molecular complexity index is 537. The highest BCUT2D eigenvalue weighted by Gasteiger charge is 2.35. The molecule has 0 amide bonds. The Morgan fingerprint density at radius 3 is 2.50 bits per heavy atom. The smallest absolute Gasteiger partial charge is 0.306 e. The van der Waals surface area contributed by atoms with Gasteiger partial charge < -0.3 is 18.9 Å². The Balaban J connectivity index is 2.39. The lowest BCUT2D eigenvalue weighted by Gasteiger charge is -2.26. The van der Waals surface area contributed by atoms with E-state index in [1.807, 2.05) is 0 Å². The van der Waals surface area contributed by atoms with E-state index in [0.29, 0.717) is 22.8 Å². The van der Waals surface area contributed by atoms with Crippen LogP contribution in [0.3, 0.4) is 0 Å². The minimum absolute atomic E-state index is 0.0187. The molecular weight excluding hydrogens is 264 g/mol. The summed E-state index contributed by atoms with van der Waals surface area (Å²) >= 11 is 0. The van der Waals surface area contributed by atoms with Crippen LogP contribution in [-0.2, 0) is 9.53 Å². The second kappa shape index (κ2) is 5.81. The quantitative estimate of drug-likeness (QED) is 0.778. The predicted octanol–water partition coefficient (Wildman–Crippen LogP) is 1.46. The Morgan fingerprint density at radius 1 is 1.25 bits per heavy atom. The van der Waals surface area contributed by atoms with Crippen LogP contribution in [-0.4, -0.2) is 39.7 Å². The number of carbonyl (C=O) groups excluding carboxylic acids is 2. The Morgan fingerprint density at radius 2 is 1.90 bits per heavy atom. The maximum atomic E-state index is 12.5. The minimum atomic E-state index is -0.573. The van der Waals surface area contributed by atoms with Crippen molar-refractivity contribution in [1.29, 1.82) is 0 Å². The van der Waals surface area contributed by atoms with Crippen LogP contribution in [0.15, 0.2) is 12.1 Å². The van der Waals surface area contributed by atoms with E-state index in [-0.39, 0.29) is 18.8 Å². The van der Waals surface area contributed by atoms with E-state index in [0.717, 1.165) is 0 Å². The second-order valence-corrected chi connectivity index (χ2v) is 4.33. The van der Waals surface area contributed by atoms with Crippen molar-refractivity contribution in [3.8, 4) is 17.2 Å². The number of methoxy groups -OCH3 is 3. The molecule has 1 unspecified atom stereocenters. The molecule has 0 saturated carbocycles. The fraction of sp³-hybridized carbons (Fsp3) is 0.429. The largest absolute Gasteiger partial charge is 0.496 e. The molecule has 1 aromatic carbocycles. The van der Waals surface area contributed by atoms with Crippen molar-refractivity contribution in [3.05, 3.63) is 17.7 Å². The summed E-state index contributed by atoms with van der Waals surface area (Å²) < 4.78 is 20.5. The number of carbonyl (C=O) groups is 2. The molecule has 0 aromatic heterocycles. The van der Waals surface area contributed by atoms with Crippen molar-refractivity contribution in [2.45, 2.75) is 6.42 Å². The highest BCUT2D eigenvalue weighted by atomic mass is 16.5. The first-order valence-corrected chi connectivity index (χ1v) is 6.11. The van der Waals surface area contributed by atoms with Gasteiger partial charge in [-0.15, -0.1) is 0 Å². The summed E-state index contributed by atoms with van der Waals surface area (Å²) in [6.45, 7) is 0.116. The first kappa shape index (κ1) is 14.2. The second-order valence-electron chi connectivity index (χ2n) is 4.33. The van der Waals surface area contributed by atoms with Crippen molar-refractivity contribution in [2.24, 2.45) is 5.92 Å². The van der Waals surface area contributed by atoms with Crippen molar-refractivity contribution in [2.75, 3.05) is 27.9 Å². The van der Waals surface area contributed by atoms with Gasteiger partial charge in [0.1, 0.15) is 11.3 Å². The van der Waals surface area contributed by atoms with Crippen molar-refractivity contribution >= 4 is 11.8 Å². The third-order valence-corrected chi connectivity index (χ3v) is 3.21. The van der Waals surface area contributed by atoms with Crippen LogP contribution in [0.5, 0.6) is 17.2 Å². The molecule has 1 heterocycles. The van der Waals surface area contributed by atoms with E-state index in [1.165, 1.54) is 21.3 Å². The normalized spacial score (nSPS) is 16.9. The van der Waals surface area contributed by atoms with Gasteiger partial charge in [0.15, 0.2) is 17.3 Å². The maximum Gasteiger partial charge on any atom is 0.306 e. The van der Waals surface area contributed by atoms with Gasteiger partial charge in [0, 0.05) is 0 Å². The molecule has 108 valence electrons. The summed E-state index contributed by atoms with van der Waals surface area (Å²) in [5.41, 5.74) is 0.312. The van der Waals surface area contributed by atoms with Crippen LogP contribution in [0.4, 0.5) is 0 Å². The Labute approximate surface area is 116 Å². The molecule has 0 radical (unpaired) electrons. The first-order valence-electron chi connectivity index (χ1n) is 6.11. The number of ether oxygens (including phenoxy) is 4. The van der Waals surface area contributed by atoms with Crippen LogP contribution >= 0.6 is 0 Å². The minimum Gasteiger partial charge on any atom is -0.496 e. The zero-order valence-corrected chi connectivity index (χ0v) is 11.6. The van der Waals surface area contributed by atoms with Crippen LogP contribution in [0.25, 0.3) is 0 Å². The van der Waals surface area contributed by atoms with E-state index < -0.39 is 11.9 Å². The number of hydrogen-bond acceptors (Lipinski definition) is 6. The van der Waals surface area contributed by atoms with Gasteiger partial charge in [-0.25, -0.2) is 0 Å². The van der Waals surface area contributed by atoms with E-state index in [2.05, 4.69) is 4.74 Å². The van der Waals surface area contributed by atoms with E-state index in [1.54, 1.807) is 12.1 Å². The Kier molecular flexibility index (Phi) is 4.12. The average Bonchev–Trinajstić information content (AvgIpc) is 2.48. The van der Waals surface area contributed by atoms with Gasteiger partial charge in [0.25, 0.3) is 0 Å². The molecule has 0 bridgehead atoms. The third kappa shape index (κ3) is 2.41. The summed E-state index contributed by atoms with van der Waals surface area (Å²) in [6.07, 6.45) is -0.0187. The lowest BCUT2D eigenvalue weighted by molar-refractivity contribution is -0.141. The van der Waals surface area contributed by atoms with Crippen LogP contribution in [0.1, 0.15) is 16.8 Å². The van der Waals surface area contributed by atoms with Gasteiger partial charge in [-0.3, -0.25) is 9.59 Å². The van der Waals surface area contributed by atoms with Gasteiger partial charge in [-0.1, -0.05) is 0 Å². The first-order chi connectivity index (χ1) is 9.62. The molecule has 0 fully saturated rings. The molecular formula is C14H16O6. The fourth-order valence-electron chi connectivity index (χ4n) is 2.15. The number of fused-ring (bicyclic) bond motifs is 1. The topological polar surface area (TPSA) is 71.1 Å². The van der Waals surface area contributed by atoms with E-state index in [4.69, 9.17) is 14.2 Å². The van der Waals surface area contributed by atoms with Crippen molar-refractivity contribution in [1.82, 2.24) is 0 Å². The molecule has 1 atom stereocenters. The zero-order valence-electron chi connectivity index (χ0n) is 11.6. The molecule has 0 N–H and O–H groups in total. The SMILES string of the molecule is COC(=O)CC1COc2c(OC)ccc(OC)c2C1=O. The predicted molar refractivity (Wildman–Crippen MR) is 69.5 cm³/mol. The molecule has 1 aliphatic rings. The molecule has 0 saturated heterocycles. The zero-order chi connectivity index (χ0) is 14.7. The number of Topliss-reactive ketones (excluding diaryl/α,β-unsaturated/α-hetero) is 1. The average molecular weight is 280 g/mol. The molecule has 6 nitrogen and oxygen atoms in total. The van der Waals surface area contributed by atoms with Gasteiger partial charge in [-0.2, -0.15) is 0 Å². The molecule has 0 spiro atoms. The summed E-state index contributed by atoms with van der Waals surface area (Å²) in [5, 5.41) is 0. The molecule has 1 aromatic rings. The van der Waals surface area contributed by atoms with Gasteiger partial charge in [-0.05, 0) is 12.1 Å². The third-order valence-electron chi connectivity index (χ3n) is 3.21. The van der Waals surface area contributed by atoms with Gasteiger partial charge >= 0.3 is 5.97 Å². The monoisotopic (exact) mass is 280 g/mol. The lowest BCUT2D eigenvalue weighted by atomic mass is 9.91. The van der Waals surface area contributed by atoms with E-state index in [9.17, 15) is 9.59 Å². The van der Waals surface area contributed by atoms with Crippen LogP contribution in [0, 0.1) is 5.92 Å². The maximum absolute atomic E-state index is 12.5. The standard InChI is InChI=1S/C14H16O6/c1-17-9-4-5-10(18-2)14-12(9)13(16)8(7-20-14)6-11(15)19-3/h4-5,8H,6-7H2,1-3H3. The number of hydrogen-bond donors (Lipinski definition) is 0.